The molecule has 4 rings (SSSR count). The number of fused-ring (bicyclic) bond motifs is 1. The number of hydrogen-bond acceptors (Lipinski definition) is 3. The molecule has 1 aromatic heterocycles. The third-order valence-corrected chi connectivity index (χ3v) is 4.75. The molecule has 0 spiro atoms. The smallest absolute Gasteiger partial charge is 0.228 e. The minimum absolute atomic E-state index is 0.0295. The second kappa shape index (κ2) is 8.02. The van der Waals surface area contributed by atoms with Crippen LogP contribution < -0.4 is 10.6 Å². The molecule has 4 aromatic rings. The average molecular weight is 383 g/mol. The Morgan fingerprint density at radius 3 is 2.41 bits per heavy atom. The highest BCUT2D eigenvalue weighted by atomic mass is 16.1. The van der Waals surface area contributed by atoms with E-state index in [9.17, 15) is 9.59 Å². The van der Waals surface area contributed by atoms with Crippen molar-refractivity contribution < 1.29 is 9.59 Å². The molecule has 0 fully saturated rings. The van der Waals surface area contributed by atoms with Gasteiger partial charge in [-0.05, 0) is 55.0 Å². The molecule has 29 heavy (non-hydrogen) atoms. The largest absolute Gasteiger partial charge is 0.361 e. The maximum atomic E-state index is 12.4. The zero-order chi connectivity index (χ0) is 20.2. The Kier molecular flexibility index (Phi) is 5.12. The SMILES string of the molecule is CC(=O)c1cccc(Nc2ccc(NC(=O)Cc3c[nH]c4ccccc34)cc2)c1. The molecule has 0 saturated carbocycles. The molecule has 0 aliphatic rings. The lowest BCUT2D eigenvalue weighted by Gasteiger charge is -2.09. The minimum Gasteiger partial charge on any atom is -0.361 e. The van der Waals surface area contributed by atoms with Crippen LogP contribution in [0, 0.1) is 0 Å². The van der Waals surface area contributed by atoms with Crippen molar-refractivity contribution in [1.82, 2.24) is 4.98 Å². The highest BCUT2D eigenvalue weighted by Gasteiger charge is 2.09. The molecular weight excluding hydrogens is 362 g/mol. The minimum atomic E-state index is -0.0652. The molecule has 0 radical (unpaired) electrons. The number of Topliss-reactive ketones (excluding diaryl/α,β-unsaturated/α-hetero) is 1. The predicted octanol–water partition coefficient (Wildman–Crippen LogP) is 5.30. The Morgan fingerprint density at radius 1 is 0.862 bits per heavy atom. The molecule has 0 aliphatic heterocycles. The second-order valence-electron chi connectivity index (χ2n) is 6.92. The van der Waals surface area contributed by atoms with E-state index >= 15 is 0 Å². The zero-order valence-corrected chi connectivity index (χ0v) is 16.0. The van der Waals surface area contributed by atoms with Gasteiger partial charge in [0, 0.05) is 39.7 Å². The molecule has 3 N–H and O–H groups in total. The summed E-state index contributed by atoms with van der Waals surface area (Å²) in [7, 11) is 0. The van der Waals surface area contributed by atoms with Gasteiger partial charge in [0.2, 0.25) is 5.91 Å². The lowest BCUT2D eigenvalue weighted by Crippen LogP contribution is -2.14. The molecule has 5 nitrogen and oxygen atoms in total. The van der Waals surface area contributed by atoms with E-state index in [1.54, 1.807) is 13.0 Å². The highest BCUT2D eigenvalue weighted by Crippen LogP contribution is 2.21. The van der Waals surface area contributed by atoms with Crippen molar-refractivity contribution in [2.45, 2.75) is 13.3 Å². The fourth-order valence-corrected chi connectivity index (χ4v) is 3.28. The topological polar surface area (TPSA) is 74.0 Å². The molecular formula is C24H21N3O2. The fourth-order valence-electron chi connectivity index (χ4n) is 3.28. The van der Waals surface area contributed by atoms with Crippen LogP contribution in [-0.2, 0) is 11.2 Å². The van der Waals surface area contributed by atoms with Crippen molar-refractivity contribution >= 4 is 39.7 Å². The Labute approximate surface area is 168 Å². The molecule has 0 atom stereocenters. The summed E-state index contributed by atoms with van der Waals surface area (Å²) in [5.41, 5.74) is 5.12. The van der Waals surface area contributed by atoms with Crippen LogP contribution in [0.3, 0.4) is 0 Å². The first-order valence-electron chi connectivity index (χ1n) is 9.41. The van der Waals surface area contributed by atoms with Gasteiger partial charge in [-0.15, -0.1) is 0 Å². The first-order valence-corrected chi connectivity index (χ1v) is 9.41. The van der Waals surface area contributed by atoms with E-state index < -0.39 is 0 Å². The number of hydrogen-bond donors (Lipinski definition) is 3. The van der Waals surface area contributed by atoms with Gasteiger partial charge >= 0.3 is 0 Å². The Hall–Kier alpha value is -3.86. The van der Waals surface area contributed by atoms with Crippen LogP contribution in [-0.4, -0.2) is 16.7 Å². The van der Waals surface area contributed by atoms with Crippen molar-refractivity contribution in [3.05, 3.63) is 90.1 Å². The lowest BCUT2D eigenvalue weighted by atomic mass is 10.1. The van der Waals surface area contributed by atoms with Gasteiger partial charge in [-0.1, -0.05) is 30.3 Å². The lowest BCUT2D eigenvalue weighted by molar-refractivity contribution is -0.115. The number of ketones is 1. The molecule has 1 heterocycles. The fraction of sp³-hybridized carbons (Fsp3) is 0.0833. The van der Waals surface area contributed by atoms with E-state index in [-0.39, 0.29) is 11.7 Å². The summed E-state index contributed by atoms with van der Waals surface area (Å²) >= 11 is 0. The standard InChI is InChI=1S/C24H21N3O2/c1-16(28)17-5-4-6-21(13-17)26-19-9-11-20(12-10-19)27-24(29)14-18-15-25-23-8-3-2-7-22(18)23/h2-13,15,25-26H,14H2,1H3,(H,27,29). The maximum absolute atomic E-state index is 12.4. The van der Waals surface area contributed by atoms with Crippen molar-refractivity contribution in [2.24, 2.45) is 0 Å². The number of anilines is 3. The summed E-state index contributed by atoms with van der Waals surface area (Å²) in [5, 5.41) is 7.27. The second-order valence-corrected chi connectivity index (χ2v) is 6.92. The number of rotatable bonds is 6. The van der Waals surface area contributed by atoms with Crippen LogP contribution in [0.5, 0.6) is 0 Å². The van der Waals surface area contributed by atoms with Gasteiger partial charge in [0.25, 0.3) is 0 Å². The summed E-state index contributed by atoms with van der Waals surface area (Å²) in [5.74, 6) is -0.0356. The van der Waals surface area contributed by atoms with Crippen molar-refractivity contribution in [1.29, 1.82) is 0 Å². The first kappa shape index (κ1) is 18.5. The van der Waals surface area contributed by atoms with Gasteiger partial charge in [0.15, 0.2) is 5.78 Å². The van der Waals surface area contributed by atoms with Crippen LogP contribution in [0.2, 0.25) is 0 Å². The number of nitrogens with one attached hydrogen (secondary N) is 3. The van der Waals surface area contributed by atoms with Crippen molar-refractivity contribution in [3.63, 3.8) is 0 Å². The summed E-state index contributed by atoms with van der Waals surface area (Å²) in [6.45, 7) is 1.55. The quantitative estimate of drug-likeness (QED) is 0.396. The van der Waals surface area contributed by atoms with E-state index in [0.29, 0.717) is 12.0 Å². The number of carbonyl (C=O) groups is 2. The van der Waals surface area contributed by atoms with E-state index in [1.165, 1.54) is 0 Å². The predicted molar refractivity (Wildman–Crippen MR) is 117 cm³/mol. The Bertz CT molecular complexity index is 1180. The summed E-state index contributed by atoms with van der Waals surface area (Å²) in [6, 6.07) is 22.8. The summed E-state index contributed by atoms with van der Waals surface area (Å²) in [4.78, 5) is 27.1. The van der Waals surface area contributed by atoms with Gasteiger partial charge < -0.3 is 15.6 Å². The molecule has 1 amide bonds. The molecule has 5 heteroatoms. The van der Waals surface area contributed by atoms with Gasteiger partial charge in [-0.2, -0.15) is 0 Å². The Balaban J connectivity index is 1.39. The van der Waals surface area contributed by atoms with Crippen LogP contribution >= 0.6 is 0 Å². The van der Waals surface area contributed by atoms with E-state index in [1.807, 2.05) is 72.9 Å². The third-order valence-electron chi connectivity index (χ3n) is 4.75. The highest BCUT2D eigenvalue weighted by molar-refractivity contribution is 5.96. The van der Waals surface area contributed by atoms with E-state index in [4.69, 9.17) is 0 Å². The van der Waals surface area contributed by atoms with E-state index in [0.717, 1.165) is 33.5 Å². The van der Waals surface area contributed by atoms with Crippen LogP contribution in [0.15, 0.2) is 79.0 Å². The molecule has 3 aromatic carbocycles. The summed E-state index contributed by atoms with van der Waals surface area (Å²) in [6.07, 6.45) is 2.19. The zero-order valence-electron chi connectivity index (χ0n) is 16.0. The van der Waals surface area contributed by atoms with E-state index in [2.05, 4.69) is 15.6 Å². The normalized spacial score (nSPS) is 10.7. The number of para-hydroxylation sites is 1. The molecule has 0 saturated heterocycles. The molecule has 0 aliphatic carbocycles. The maximum Gasteiger partial charge on any atom is 0.228 e. The van der Waals surface area contributed by atoms with Crippen molar-refractivity contribution in [2.75, 3.05) is 10.6 Å². The average Bonchev–Trinajstić information content (AvgIpc) is 3.12. The Morgan fingerprint density at radius 2 is 1.62 bits per heavy atom. The first-order chi connectivity index (χ1) is 14.1. The molecule has 0 bridgehead atoms. The van der Waals surface area contributed by atoms with Crippen LogP contribution in [0.1, 0.15) is 22.8 Å². The number of amides is 1. The van der Waals surface area contributed by atoms with Gasteiger partial charge in [0.1, 0.15) is 0 Å². The van der Waals surface area contributed by atoms with Gasteiger partial charge in [0.05, 0.1) is 6.42 Å². The van der Waals surface area contributed by atoms with Crippen LogP contribution in [0.4, 0.5) is 17.1 Å². The third kappa shape index (κ3) is 4.35. The number of aromatic amines is 1. The van der Waals surface area contributed by atoms with Crippen molar-refractivity contribution in [3.8, 4) is 0 Å². The molecule has 144 valence electrons. The summed E-state index contributed by atoms with van der Waals surface area (Å²) < 4.78 is 0. The van der Waals surface area contributed by atoms with Crippen LogP contribution in [0.25, 0.3) is 10.9 Å². The van der Waals surface area contributed by atoms with Gasteiger partial charge in [-0.3, -0.25) is 9.59 Å². The van der Waals surface area contributed by atoms with Gasteiger partial charge in [-0.25, -0.2) is 0 Å². The number of carbonyl (C=O) groups excluding carboxylic acids is 2. The molecule has 0 unspecified atom stereocenters. The monoisotopic (exact) mass is 383 g/mol. The number of H-pyrrole nitrogens is 1. The number of aromatic nitrogens is 1. The number of benzene rings is 3.